The van der Waals surface area contributed by atoms with Crippen LogP contribution in [0, 0.1) is 6.92 Å². The number of hydrogen-bond acceptors (Lipinski definition) is 9. The number of benzene rings is 3. The number of esters is 1. The molecule has 0 unspecified atom stereocenters. The molecular weight excluding hydrogens is 552 g/mol. The van der Waals surface area contributed by atoms with E-state index in [0.29, 0.717) is 57.8 Å². The standard InChI is InChI=1S/C34H32O9/c1-4-10-24-27(14-13-23-25(35)19-29(43-33(23)24)34(38)39-5-2)41-16-9-15-40-22-17-26(36)31-28(18-22)42-20(3)30(32(31)37)21-11-7-6-8-12-21/h6-8,11-14,17-19,36H,4-5,9-10,15-16H2,1-3H3. The summed E-state index contributed by atoms with van der Waals surface area (Å²) < 4.78 is 28.6. The maximum Gasteiger partial charge on any atom is 0.374 e. The molecule has 0 aliphatic heterocycles. The molecular formula is C34H32O9. The van der Waals surface area contributed by atoms with E-state index in [-0.39, 0.29) is 53.2 Å². The molecule has 0 radical (unpaired) electrons. The Labute approximate surface area is 247 Å². The summed E-state index contributed by atoms with van der Waals surface area (Å²) in [6.45, 7) is 6.10. The number of aromatic hydroxyl groups is 1. The molecule has 222 valence electrons. The van der Waals surface area contributed by atoms with E-state index in [0.717, 1.165) is 12.5 Å². The van der Waals surface area contributed by atoms with Gasteiger partial charge in [0.05, 0.1) is 30.8 Å². The number of carbonyl (C=O) groups excluding carboxylic acids is 1. The predicted molar refractivity (Wildman–Crippen MR) is 162 cm³/mol. The predicted octanol–water partition coefficient (Wildman–Crippen LogP) is 6.56. The van der Waals surface area contributed by atoms with Gasteiger partial charge in [-0.05, 0) is 38.0 Å². The van der Waals surface area contributed by atoms with E-state index in [4.69, 9.17) is 23.0 Å². The van der Waals surface area contributed by atoms with Gasteiger partial charge in [0.2, 0.25) is 11.2 Å². The first-order valence-corrected chi connectivity index (χ1v) is 14.2. The minimum atomic E-state index is -0.696. The van der Waals surface area contributed by atoms with Crippen LogP contribution >= 0.6 is 0 Å². The van der Waals surface area contributed by atoms with E-state index in [1.165, 1.54) is 6.07 Å². The Morgan fingerprint density at radius 1 is 0.930 bits per heavy atom. The van der Waals surface area contributed by atoms with Crippen LogP contribution in [0.1, 0.15) is 48.6 Å². The maximum atomic E-state index is 13.2. The van der Waals surface area contributed by atoms with Crippen LogP contribution in [0.25, 0.3) is 33.1 Å². The van der Waals surface area contributed by atoms with Crippen molar-refractivity contribution in [3.05, 3.63) is 98.2 Å². The molecule has 5 aromatic rings. The highest BCUT2D eigenvalue weighted by atomic mass is 16.5. The summed E-state index contributed by atoms with van der Waals surface area (Å²) in [4.78, 5) is 38.1. The molecule has 3 aromatic carbocycles. The van der Waals surface area contributed by atoms with Crippen LogP contribution in [0.3, 0.4) is 0 Å². The van der Waals surface area contributed by atoms with Gasteiger partial charge in [-0.1, -0.05) is 43.7 Å². The van der Waals surface area contributed by atoms with Gasteiger partial charge in [-0.15, -0.1) is 0 Å². The van der Waals surface area contributed by atoms with Crippen LogP contribution in [0.4, 0.5) is 0 Å². The molecule has 0 bridgehead atoms. The third-order valence-corrected chi connectivity index (χ3v) is 6.94. The minimum absolute atomic E-state index is 0.0951. The van der Waals surface area contributed by atoms with Crippen molar-refractivity contribution < 1.29 is 32.9 Å². The third-order valence-electron chi connectivity index (χ3n) is 6.94. The van der Waals surface area contributed by atoms with E-state index in [1.54, 1.807) is 32.0 Å². The zero-order valence-electron chi connectivity index (χ0n) is 24.2. The van der Waals surface area contributed by atoms with Crippen molar-refractivity contribution >= 4 is 27.9 Å². The van der Waals surface area contributed by atoms with Gasteiger partial charge in [-0.25, -0.2) is 4.79 Å². The van der Waals surface area contributed by atoms with E-state index >= 15 is 0 Å². The molecule has 0 aliphatic carbocycles. The fourth-order valence-electron chi connectivity index (χ4n) is 5.02. The summed E-state index contributed by atoms with van der Waals surface area (Å²) in [6, 6.07) is 16.7. The van der Waals surface area contributed by atoms with Crippen molar-refractivity contribution in [2.75, 3.05) is 19.8 Å². The average molecular weight is 585 g/mol. The number of hydrogen-bond donors (Lipinski definition) is 1. The second kappa shape index (κ2) is 12.9. The summed E-state index contributed by atoms with van der Waals surface area (Å²) in [6.07, 6.45) is 1.83. The van der Waals surface area contributed by atoms with Crippen molar-refractivity contribution in [3.63, 3.8) is 0 Å². The highest BCUT2D eigenvalue weighted by Crippen LogP contribution is 2.33. The van der Waals surface area contributed by atoms with E-state index in [1.807, 2.05) is 37.3 Å². The molecule has 0 saturated heterocycles. The number of ether oxygens (including phenoxy) is 3. The molecule has 0 fully saturated rings. The lowest BCUT2D eigenvalue weighted by atomic mass is 10.0. The highest BCUT2D eigenvalue weighted by molar-refractivity contribution is 5.90. The quantitative estimate of drug-likeness (QED) is 0.136. The van der Waals surface area contributed by atoms with Crippen molar-refractivity contribution in [2.24, 2.45) is 0 Å². The summed E-state index contributed by atoms with van der Waals surface area (Å²) >= 11 is 0. The van der Waals surface area contributed by atoms with Crippen molar-refractivity contribution in [3.8, 4) is 28.4 Å². The summed E-state index contributed by atoms with van der Waals surface area (Å²) in [5.41, 5.74) is 1.71. The summed E-state index contributed by atoms with van der Waals surface area (Å²) in [5.74, 6) is 0.274. The van der Waals surface area contributed by atoms with E-state index in [2.05, 4.69) is 0 Å². The Hall–Kier alpha value is -5.05. The van der Waals surface area contributed by atoms with Crippen LogP contribution in [0.2, 0.25) is 0 Å². The highest BCUT2D eigenvalue weighted by Gasteiger charge is 2.19. The van der Waals surface area contributed by atoms with Crippen LogP contribution in [0.15, 0.2) is 79.1 Å². The SMILES string of the molecule is CCCc1c(OCCCOc2cc(O)c3c(=O)c(-c4ccccc4)c(C)oc3c2)ccc2c(=O)cc(C(=O)OCC)oc12. The van der Waals surface area contributed by atoms with Gasteiger partial charge in [-0.2, -0.15) is 0 Å². The van der Waals surface area contributed by atoms with Crippen LogP contribution in [0.5, 0.6) is 17.2 Å². The summed E-state index contributed by atoms with van der Waals surface area (Å²) in [5, 5.41) is 11.1. The van der Waals surface area contributed by atoms with Gasteiger partial charge in [0, 0.05) is 30.2 Å². The van der Waals surface area contributed by atoms with Gasteiger partial charge in [0.1, 0.15) is 39.6 Å². The molecule has 1 N–H and O–H groups in total. The molecule has 2 heterocycles. The zero-order chi connectivity index (χ0) is 30.5. The zero-order valence-corrected chi connectivity index (χ0v) is 24.2. The Balaban J connectivity index is 1.30. The second-order valence-corrected chi connectivity index (χ2v) is 9.96. The monoisotopic (exact) mass is 584 g/mol. The molecule has 5 rings (SSSR count). The largest absolute Gasteiger partial charge is 0.507 e. The van der Waals surface area contributed by atoms with E-state index < -0.39 is 5.97 Å². The molecule has 0 saturated carbocycles. The van der Waals surface area contributed by atoms with E-state index in [9.17, 15) is 19.5 Å². The lowest BCUT2D eigenvalue weighted by Crippen LogP contribution is -2.11. The fraction of sp³-hybridized carbons (Fsp3) is 0.265. The Morgan fingerprint density at radius 3 is 2.44 bits per heavy atom. The van der Waals surface area contributed by atoms with Gasteiger partial charge in [0.25, 0.3) is 0 Å². The Kier molecular flexibility index (Phi) is 8.80. The Bertz CT molecular complexity index is 1900. The van der Waals surface area contributed by atoms with Crippen LogP contribution < -0.4 is 20.3 Å². The molecule has 9 heteroatoms. The third kappa shape index (κ3) is 6.11. The van der Waals surface area contributed by atoms with Crippen molar-refractivity contribution in [1.82, 2.24) is 0 Å². The number of rotatable bonds is 11. The molecule has 0 aliphatic rings. The van der Waals surface area contributed by atoms with Crippen molar-refractivity contribution in [1.29, 1.82) is 0 Å². The maximum absolute atomic E-state index is 13.2. The Morgan fingerprint density at radius 2 is 1.70 bits per heavy atom. The number of phenols is 1. The first-order valence-electron chi connectivity index (χ1n) is 14.2. The first-order chi connectivity index (χ1) is 20.8. The molecule has 2 aromatic heterocycles. The second-order valence-electron chi connectivity index (χ2n) is 9.96. The number of fused-ring (bicyclic) bond motifs is 2. The average Bonchev–Trinajstić information content (AvgIpc) is 2.98. The smallest absolute Gasteiger partial charge is 0.374 e. The molecule has 0 atom stereocenters. The van der Waals surface area contributed by atoms with Crippen LogP contribution in [-0.4, -0.2) is 30.9 Å². The molecule has 0 spiro atoms. The molecule has 0 amide bonds. The minimum Gasteiger partial charge on any atom is -0.507 e. The number of aryl methyl sites for hydroxylation is 2. The first kappa shape index (κ1) is 29.4. The van der Waals surface area contributed by atoms with Gasteiger partial charge >= 0.3 is 5.97 Å². The van der Waals surface area contributed by atoms with Crippen molar-refractivity contribution in [2.45, 2.75) is 40.0 Å². The van der Waals surface area contributed by atoms with Gasteiger partial charge in [0.15, 0.2) is 5.43 Å². The number of carbonyl (C=O) groups is 1. The normalized spacial score (nSPS) is 11.1. The summed E-state index contributed by atoms with van der Waals surface area (Å²) in [7, 11) is 0. The lowest BCUT2D eigenvalue weighted by Gasteiger charge is -2.14. The molecule has 43 heavy (non-hydrogen) atoms. The molecule has 9 nitrogen and oxygen atoms in total. The number of phenolic OH excluding ortho intramolecular Hbond substituents is 1. The van der Waals surface area contributed by atoms with Gasteiger partial charge < -0.3 is 28.2 Å². The topological polar surface area (TPSA) is 125 Å². The van der Waals surface area contributed by atoms with Gasteiger partial charge in [-0.3, -0.25) is 9.59 Å². The lowest BCUT2D eigenvalue weighted by molar-refractivity contribution is 0.0490. The fourth-order valence-corrected chi connectivity index (χ4v) is 5.02. The van der Waals surface area contributed by atoms with Crippen LogP contribution in [-0.2, 0) is 11.2 Å².